The van der Waals surface area contributed by atoms with Crippen LogP contribution in [0.2, 0.25) is 0 Å². The van der Waals surface area contributed by atoms with Crippen LogP contribution in [0.3, 0.4) is 0 Å². The van der Waals surface area contributed by atoms with Crippen molar-refractivity contribution in [2.75, 3.05) is 0 Å². The second-order valence-corrected chi connectivity index (χ2v) is 23.0. The summed E-state index contributed by atoms with van der Waals surface area (Å²) in [6, 6.07) is 34.7. The minimum Gasteiger partial charge on any atom is -0.473 e. The molecule has 0 bridgehead atoms. The van der Waals surface area contributed by atoms with Gasteiger partial charge in [-0.15, -0.1) is 0 Å². The highest BCUT2D eigenvalue weighted by Crippen LogP contribution is 2.68. The highest BCUT2D eigenvalue weighted by atomic mass is 19.1. The van der Waals surface area contributed by atoms with Gasteiger partial charge in [-0.05, 0) is 170 Å². The number of aromatic nitrogens is 6. The first-order valence-electron chi connectivity index (χ1n) is 28.5. The quantitative estimate of drug-likeness (QED) is 0.0512. The number of carbonyl (C=O) groups is 2. The third-order valence-electron chi connectivity index (χ3n) is 17.9. The normalized spacial score (nSPS) is 16.7. The molecule has 0 saturated heterocycles. The van der Waals surface area contributed by atoms with Gasteiger partial charge in [0, 0.05) is 59.3 Å². The van der Waals surface area contributed by atoms with Crippen LogP contribution in [0.25, 0.3) is 44.6 Å². The molecule has 6 aromatic carbocycles. The Bertz CT molecular complexity index is 4330. The number of rotatable bonds is 16. The maximum atomic E-state index is 16.3. The molecule has 0 radical (unpaired) electrons. The van der Waals surface area contributed by atoms with E-state index < -0.39 is 46.8 Å². The fourth-order valence-electron chi connectivity index (χ4n) is 12.6. The number of carbonyl (C=O) groups excluding carboxylic acids is 2. The second kappa shape index (κ2) is 21.4. The van der Waals surface area contributed by atoms with Crippen LogP contribution in [0.5, 0.6) is 11.8 Å². The average Bonchev–Trinajstić information content (AvgIpc) is 1.57. The van der Waals surface area contributed by atoms with Crippen LogP contribution in [-0.4, -0.2) is 41.0 Å². The molecular formula is C68H48F6N8O5. The number of hydrogen-bond donors (Lipinski definition) is 0. The highest BCUT2D eigenvalue weighted by Gasteiger charge is 2.58. The highest BCUT2D eigenvalue weighted by molar-refractivity contribution is 6.05. The standard InChI is InChI=1S/C68H48F6N8O5/c69-47-23-37(33-75)7-9-41(47)35-85-63-5-1-3-53(79-63)45-31-49(71)43(25-51(45)73)29-61-77-55-13-11-39(27-57(55)81(61)59-15-17-67(59)19-20-67)65(83)87-66(84)40-12-14-56-58(28-40)82(60-16-18-68(60)21-22-68)62(78-56)30-44-26-52(74)46(32-50(44)72)54-4-2-6-64(80-54)86-36-42-10-8-38(34-76)24-48(42)70/h1-14,23-28,31-32,59-60H,15-22,29-30,35-36H2. The molecule has 4 saturated carbocycles. The Morgan fingerprint density at radius 3 is 1.29 bits per heavy atom. The van der Waals surface area contributed by atoms with Gasteiger partial charge >= 0.3 is 11.9 Å². The zero-order valence-corrected chi connectivity index (χ0v) is 46.2. The van der Waals surface area contributed by atoms with E-state index in [4.69, 9.17) is 34.7 Å². The van der Waals surface area contributed by atoms with E-state index in [1.165, 1.54) is 60.7 Å². The van der Waals surface area contributed by atoms with Gasteiger partial charge in [-0.25, -0.2) is 55.9 Å². The van der Waals surface area contributed by atoms with Crippen molar-refractivity contribution in [2.24, 2.45) is 10.8 Å². The predicted molar refractivity (Wildman–Crippen MR) is 305 cm³/mol. The fourth-order valence-corrected chi connectivity index (χ4v) is 12.6. The molecular weight excluding hydrogens is 1120 g/mol. The molecule has 4 fully saturated rings. The smallest absolute Gasteiger partial charge is 0.346 e. The van der Waals surface area contributed by atoms with Crippen molar-refractivity contribution in [3.63, 3.8) is 0 Å². The number of fused-ring (bicyclic) bond motifs is 2. The Hall–Kier alpha value is -10.1. The molecule has 0 N–H and O–H groups in total. The van der Waals surface area contributed by atoms with E-state index in [2.05, 4.69) is 9.97 Å². The van der Waals surface area contributed by atoms with Gasteiger partial charge in [0.1, 0.15) is 59.8 Å². The lowest BCUT2D eigenvalue weighted by atomic mass is 9.75. The van der Waals surface area contributed by atoms with Crippen molar-refractivity contribution in [3.05, 3.63) is 225 Å². The third-order valence-corrected chi connectivity index (χ3v) is 17.9. The van der Waals surface area contributed by atoms with Gasteiger partial charge in [0.15, 0.2) is 0 Å². The lowest BCUT2D eigenvalue weighted by molar-refractivity contribution is 0.0397. The van der Waals surface area contributed by atoms with E-state index in [0.29, 0.717) is 33.7 Å². The van der Waals surface area contributed by atoms with Crippen LogP contribution in [0.15, 0.2) is 133 Å². The van der Waals surface area contributed by atoms with Crippen molar-refractivity contribution in [3.8, 4) is 46.4 Å². The summed E-state index contributed by atoms with van der Waals surface area (Å²) >= 11 is 0. The molecule has 4 heterocycles. The molecule has 13 nitrogen and oxygen atoms in total. The largest absolute Gasteiger partial charge is 0.473 e. The van der Waals surface area contributed by atoms with Gasteiger partial charge in [-0.3, -0.25) is 0 Å². The number of imidazole rings is 2. The summed E-state index contributed by atoms with van der Waals surface area (Å²) in [5.41, 5.74) is 3.06. The number of benzene rings is 6. The molecule has 2 atom stereocenters. The van der Waals surface area contributed by atoms with Gasteiger partial charge in [-0.2, -0.15) is 10.5 Å². The summed E-state index contributed by atoms with van der Waals surface area (Å²) in [6.45, 7) is -0.433. The Morgan fingerprint density at radius 2 is 0.908 bits per heavy atom. The molecule has 10 aromatic rings. The van der Waals surface area contributed by atoms with E-state index in [1.807, 2.05) is 21.3 Å². The first kappa shape index (κ1) is 54.8. The van der Waals surface area contributed by atoms with Crippen molar-refractivity contribution < 1.29 is 50.1 Å². The van der Waals surface area contributed by atoms with E-state index >= 15 is 17.6 Å². The minimum atomic E-state index is -0.918. The number of ether oxygens (including phenoxy) is 3. The van der Waals surface area contributed by atoms with Crippen molar-refractivity contribution >= 4 is 34.0 Å². The van der Waals surface area contributed by atoms with Crippen molar-refractivity contribution in [1.82, 2.24) is 29.1 Å². The first-order chi connectivity index (χ1) is 42.1. The molecule has 4 aliphatic rings. The molecule has 14 rings (SSSR count). The topological polar surface area (TPSA) is 171 Å². The van der Waals surface area contributed by atoms with E-state index in [0.717, 1.165) is 87.8 Å². The van der Waals surface area contributed by atoms with E-state index in [9.17, 15) is 18.4 Å². The molecule has 2 spiro atoms. The van der Waals surface area contributed by atoms with Crippen LogP contribution < -0.4 is 9.47 Å². The summed E-state index contributed by atoms with van der Waals surface area (Å²) in [5.74, 6) is -4.95. The summed E-state index contributed by atoms with van der Waals surface area (Å²) in [4.78, 5) is 46.6. The zero-order chi connectivity index (χ0) is 59.9. The molecule has 4 aromatic heterocycles. The predicted octanol–water partition coefficient (Wildman–Crippen LogP) is 14.7. The van der Waals surface area contributed by atoms with Gasteiger partial charge in [0.05, 0.1) is 67.8 Å². The summed E-state index contributed by atoms with van der Waals surface area (Å²) in [7, 11) is 0. The number of hydrogen-bond acceptors (Lipinski definition) is 11. The molecule has 432 valence electrons. The Kier molecular flexibility index (Phi) is 13.5. The summed E-state index contributed by atoms with van der Waals surface area (Å²) in [6.07, 6.45) is 7.35. The van der Waals surface area contributed by atoms with Gasteiger partial charge in [0.25, 0.3) is 0 Å². The number of halogens is 6. The number of esters is 2. The zero-order valence-electron chi connectivity index (χ0n) is 46.2. The number of nitriles is 2. The maximum absolute atomic E-state index is 16.3. The second-order valence-electron chi connectivity index (χ2n) is 23.0. The Balaban J connectivity index is 0.697. The lowest BCUT2D eigenvalue weighted by Gasteiger charge is -2.39. The Morgan fingerprint density at radius 1 is 0.483 bits per heavy atom. The monoisotopic (exact) mass is 1170 g/mol. The third kappa shape index (κ3) is 10.2. The average molecular weight is 1170 g/mol. The van der Waals surface area contributed by atoms with Crippen LogP contribution in [-0.2, 0) is 30.8 Å². The van der Waals surface area contributed by atoms with Gasteiger partial charge < -0.3 is 23.3 Å². The van der Waals surface area contributed by atoms with Gasteiger partial charge in [-0.1, -0.05) is 24.3 Å². The van der Waals surface area contributed by atoms with E-state index in [-0.39, 0.29) is 128 Å². The minimum absolute atomic E-state index is 0.0203. The SMILES string of the molecule is N#Cc1ccc(COc2cccc(-c3cc(F)c(Cc4nc5ccc(C(=O)OC(=O)c6ccc7nc(Cc8cc(F)c(-c9cccc(OCc%10ccc(C#N)cc%10F)n9)cc8F)n(C8CCC89CC9)c7c6)cc5n4C4CCC45CC5)cc3F)n2)c(F)c1. The maximum Gasteiger partial charge on any atom is 0.346 e. The summed E-state index contributed by atoms with van der Waals surface area (Å²) in [5, 5.41) is 18.1. The molecule has 87 heavy (non-hydrogen) atoms. The Labute approximate surface area is 493 Å². The lowest BCUT2D eigenvalue weighted by Crippen LogP contribution is -2.31. The van der Waals surface area contributed by atoms with Crippen LogP contribution >= 0.6 is 0 Å². The molecule has 0 aliphatic heterocycles. The molecule has 19 heteroatoms. The van der Waals surface area contributed by atoms with E-state index in [1.54, 1.807) is 36.4 Å². The van der Waals surface area contributed by atoms with Crippen LogP contribution in [0.4, 0.5) is 26.3 Å². The van der Waals surface area contributed by atoms with Gasteiger partial charge in [0.2, 0.25) is 11.8 Å². The van der Waals surface area contributed by atoms with Crippen molar-refractivity contribution in [1.29, 1.82) is 10.5 Å². The molecule has 2 unspecified atom stereocenters. The van der Waals surface area contributed by atoms with Crippen LogP contribution in [0.1, 0.15) is 129 Å². The first-order valence-corrected chi connectivity index (χ1v) is 28.5. The number of nitrogens with zero attached hydrogens (tertiary/aromatic N) is 8. The summed E-state index contributed by atoms with van der Waals surface area (Å²) < 4.78 is 115. The molecule has 0 amide bonds. The number of pyridine rings is 2. The fraction of sp³-hybridized carbons (Fsp3) is 0.235. The van der Waals surface area contributed by atoms with Crippen molar-refractivity contribution in [2.45, 2.75) is 89.5 Å². The van der Waals surface area contributed by atoms with Crippen LogP contribution in [0, 0.1) is 68.4 Å². The molecule has 4 aliphatic carbocycles.